The van der Waals surface area contributed by atoms with Gasteiger partial charge in [0, 0.05) is 31.3 Å². The number of aromatic nitrogens is 3. The Morgan fingerprint density at radius 3 is 2.67 bits per heavy atom. The van der Waals surface area contributed by atoms with E-state index in [1.54, 1.807) is 13.4 Å². The first-order valence-corrected chi connectivity index (χ1v) is 8.55. The first-order valence-electron chi connectivity index (χ1n) is 8.55. The predicted octanol–water partition coefficient (Wildman–Crippen LogP) is 2.91. The van der Waals surface area contributed by atoms with Gasteiger partial charge in [-0.15, -0.1) is 0 Å². The molecular formula is C18H26N4O2. The van der Waals surface area contributed by atoms with Gasteiger partial charge in [0.05, 0.1) is 19.3 Å². The zero-order valence-electron chi connectivity index (χ0n) is 14.7. The third-order valence-electron chi connectivity index (χ3n) is 4.40. The molecule has 1 aliphatic rings. The van der Waals surface area contributed by atoms with Crippen LogP contribution < -0.4 is 9.47 Å². The molecule has 1 aliphatic heterocycles. The van der Waals surface area contributed by atoms with Crippen LogP contribution in [0.5, 0.6) is 11.5 Å². The lowest BCUT2D eigenvalue weighted by atomic mass is 10.0. The maximum Gasteiger partial charge on any atom is 0.137 e. The minimum atomic E-state index is 0.147. The van der Waals surface area contributed by atoms with Gasteiger partial charge < -0.3 is 9.47 Å². The summed E-state index contributed by atoms with van der Waals surface area (Å²) in [7, 11) is 1.68. The first-order chi connectivity index (χ1) is 11.7. The second kappa shape index (κ2) is 7.66. The molecule has 2 aromatic rings. The Morgan fingerprint density at radius 2 is 2.04 bits per heavy atom. The summed E-state index contributed by atoms with van der Waals surface area (Å²) in [5.41, 5.74) is 1.21. The van der Waals surface area contributed by atoms with Gasteiger partial charge >= 0.3 is 0 Å². The second-order valence-corrected chi connectivity index (χ2v) is 6.52. The highest BCUT2D eigenvalue weighted by molar-refractivity contribution is 5.41. The van der Waals surface area contributed by atoms with E-state index in [1.165, 1.54) is 5.56 Å². The third kappa shape index (κ3) is 4.06. The Balaban J connectivity index is 1.64. The van der Waals surface area contributed by atoms with Crippen molar-refractivity contribution in [1.82, 2.24) is 19.7 Å². The molecule has 0 radical (unpaired) electrons. The molecule has 1 aromatic carbocycles. The van der Waals surface area contributed by atoms with Crippen molar-refractivity contribution in [2.24, 2.45) is 0 Å². The van der Waals surface area contributed by atoms with Gasteiger partial charge in [0.25, 0.3) is 0 Å². The van der Waals surface area contributed by atoms with Gasteiger partial charge in [0.1, 0.15) is 24.2 Å². The molecule has 0 saturated carbocycles. The van der Waals surface area contributed by atoms with Crippen molar-refractivity contribution in [3.05, 3.63) is 36.4 Å². The Labute approximate surface area is 143 Å². The topological polar surface area (TPSA) is 52.4 Å². The molecule has 6 nitrogen and oxygen atoms in total. The summed E-state index contributed by atoms with van der Waals surface area (Å²) in [6, 6.07) is 6.56. The van der Waals surface area contributed by atoms with Crippen LogP contribution in [0.3, 0.4) is 0 Å². The molecule has 0 aliphatic carbocycles. The Kier molecular flexibility index (Phi) is 5.35. The van der Waals surface area contributed by atoms with Crippen LogP contribution in [0.4, 0.5) is 0 Å². The van der Waals surface area contributed by atoms with Gasteiger partial charge in [-0.3, -0.25) is 4.90 Å². The van der Waals surface area contributed by atoms with Crippen molar-refractivity contribution < 1.29 is 9.47 Å². The van der Waals surface area contributed by atoms with Crippen molar-refractivity contribution in [3.8, 4) is 11.5 Å². The summed E-state index contributed by atoms with van der Waals surface area (Å²) in [6.45, 7) is 7.10. The molecular weight excluding hydrogens is 304 g/mol. The molecule has 3 rings (SSSR count). The molecule has 24 heavy (non-hydrogen) atoms. The average molecular weight is 330 g/mol. The molecule has 0 N–H and O–H groups in total. The molecule has 6 heteroatoms. The Bertz CT molecular complexity index is 634. The predicted molar refractivity (Wildman–Crippen MR) is 92.3 cm³/mol. The molecule has 0 amide bonds. The molecule has 1 fully saturated rings. The van der Waals surface area contributed by atoms with Crippen molar-refractivity contribution in [2.75, 3.05) is 20.2 Å². The monoisotopic (exact) mass is 330 g/mol. The number of rotatable bonds is 6. The number of nitrogens with zero attached hydrogens (tertiary/aromatic N) is 4. The zero-order valence-corrected chi connectivity index (χ0v) is 14.7. The molecule has 1 aromatic heterocycles. The van der Waals surface area contributed by atoms with E-state index < -0.39 is 0 Å². The standard InChI is InChI=1S/C18H26N4O2/c1-14(2)24-18-10-17(23-3)5-4-15(18)11-21-8-6-16(7-9-21)22-13-19-12-20-22/h4-5,10,12-14,16H,6-9,11H2,1-3H3. The van der Waals surface area contributed by atoms with E-state index in [-0.39, 0.29) is 6.10 Å². The minimum absolute atomic E-state index is 0.147. The maximum atomic E-state index is 5.98. The lowest BCUT2D eigenvalue weighted by Crippen LogP contribution is -2.34. The molecule has 0 unspecified atom stereocenters. The number of ether oxygens (including phenoxy) is 2. The van der Waals surface area contributed by atoms with Crippen LogP contribution >= 0.6 is 0 Å². The quantitative estimate of drug-likeness (QED) is 0.815. The van der Waals surface area contributed by atoms with Crippen LogP contribution in [-0.2, 0) is 6.54 Å². The fourth-order valence-corrected chi connectivity index (χ4v) is 3.14. The summed E-state index contributed by atoms with van der Waals surface area (Å²) in [5, 5.41) is 4.27. The molecule has 0 bridgehead atoms. The third-order valence-corrected chi connectivity index (χ3v) is 4.40. The number of piperidine rings is 1. The van der Waals surface area contributed by atoms with E-state index in [0.717, 1.165) is 44.0 Å². The van der Waals surface area contributed by atoms with Gasteiger partial charge in [0.2, 0.25) is 0 Å². The fraction of sp³-hybridized carbons (Fsp3) is 0.556. The average Bonchev–Trinajstić information content (AvgIpc) is 3.11. The summed E-state index contributed by atoms with van der Waals surface area (Å²) < 4.78 is 13.3. The van der Waals surface area contributed by atoms with Gasteiger partial charge in [0.15, 0.2) is 0 Å². The summed E-state index contributed by atoms with van der Waals surface area (Å²) in [6.07, 6.45) is 5.77. The van der Waals surface area contributed by atoms with Crippen molar-refractivity contribution in [3.63, 3.8) is 0 Å². The number of benzene rings is 1. The lowest BCUT2D eigenvalue weighted by molar-refractivity contribution is 0.168. The number of methoxy groups -OCH3 is 1. The van der Waals surface area contributed by atoms with E-state index >= 15 is 0 Å². The molecule has 0 spiro atoms. The summed E-state index contributed by atoms with van der Waals surface area (Å²) in [5.74, 6) is 1.75. The van der Waals surface area contributed by atoms with E-state index in [2.05, 4.69) is 21.0 Å². The normalized spacial score (nSPS) is 16.5. The van der Waals surface area contributed by atoms with E-state index in [0.29, 0.717) is 6.04 Å². The van der Waals surface area contributed by atoms with Gasteiger partial charge in [-0.25, -0.2) is 9.67 Å². The lowest BCUT2D eigenvalue weighted by Gasteiger charge is -2.32. The maximum absolute atomic E-state index is 5.98. The summed E-state index contributed by atoms with van der Waals surface area (Å²) >= 11 is 0. The summed E-state index contributed by atoms with van der Waals surface area (Å²) in [4.78, 5) is 6.52. The van der Waals surface area contributed by atoms with Crippen LogP contribution in [-0.4, -0.2) is 46.0 Å². The van der Waals surface area contributed by atoms with Crippen LogP contribution in [0.15, 0.2) is 30.9 Å². The molecule has 2 heterocycles. The molecule has 0 atom stereocenters. The molecule has 1 saturated heterocycles. The van der Waals surface area contributed by atoms with E-state index in [4.69, 9.17) is 9.47 Å². The van der Waals surface area contributed by atoms with Crippen molar-refractivity contribution in [2.45, 2.75) is 45.4 Å². The zero-order chi connectivity index (χ0) is 16.9. The highest BCUT2D eigenvalue weighted by Crippen LogP contribution is 2.29. The van der Waals surface area contributed by atoms with Crippen LogP contribution in [0, 0.1) is 0 Å². The van der Waals surface area contributed by atoms with Crippen LogP contribution in [0.25, 0.3) is 0 Å². The fourth-order valence-electron chi connectivity index (χ4n) is 3.14. The smallest absolute Gasteiger partial charge is 0.137 e. The Morgan fingerprint density at radius 1 is 1.25 bits per heavy atom. The first kappa shape index (κ1) is 16.8. The molecule has 130 valence electrons. The second-order valence-electron chi connectivity index (χ2n) is 6.52. The largest absolute Gasteiger partial charge is 0.497 e. The highest BCUT2D eigenvalue weighted by Gasteiger charge is 2.22. The van der Waals surface area contributed by atoms with Gasteiger partial charge in [-0.05, 0) is 32.8 Å². The van der Waals surface area contributed by atoms with E-state index in [9.17, 15) is 0 Å². The Hall–Kier alpha value is -2.08. The van der Waals surface area contributed by atoms with Crippen molar-refractivity contribution >= 4 is 0 Å². The van der Waals surface area contributed by atoms with Crippen LogP contribution in [0.2, 0.25) is 0 Å². The number of hydrogen-bond donors (Lipinski definition) is 0. The van der Waals surface area contributed by atoms with Gasteiger partial charge in [-0.1, -0.05) is 6.07 Å². The number of likely N-dealkylation sites (tertiary alicyclic amines) is 1. The van der Waals surface area contributed by atoms with Gasteiger partial charge in [-0.2, -0.15) is 5.10 Å². The van der Waals surface area contributed by atoms with Crippen molar-refractivity contribution in [1.29, 1.82) is 0 Å². The van der Waals surface area contributed by atoms with Crippen LogP contribution in [0.1, 0.15) is 38.3 Å². The number of hydrogen-bond acceptors (Lipinski definition) is 5. The SMILES string of the molecule is COc1ccc(CN2CCC(n3cncn3)CC2)c(OC(C)C)c1. The minimum Gasteiger partial charge on any atom is -0.497 e. The highest BCUT2D eigenvalue weighted by atomic mass is 16.5. The van der Waals surface area contributed by atoms with E-state index in [1.807, 2.05) is 37.0 Å².